The fourth-order valence-corrected chi connectivity index (χ4v) is 2.82. The first-order valence-electron chi connectivity index (χ1n) is 8.70. The molecule has 1 saturated carbocycles. The highest BCUT2D eigenvalue weighted by Gasteiger charge is 2.33. The molecule has 2 N–H and O–H groups in total. The maximum Gasteiger partial charge on any atom is 0.0771 e. The second-order valence-electron chi connectivity index (χ2n) is 6.44. The van der Waals surface area contributed by atoms with Crippen molar-refractivity contribution >= 4 is 0 Å². The van der Waals surface area contributed by atoms with Crippen LogP contribution in [0.5, 0.6) is 0 Å². The second-order valence-corrected chi connectivity index (χ2v) is 6.44. The summed E-state index contributed by atoms with van der Waals surface area (Å²) in [5.74, 6) is 0. The number of hydrogen-bond donors (Lipinski definition) is 2. The van der Waals surface area contributed by atoms with Crippen LogP contribution in [0.15, 0.2) is 0 Å². The van der Waals surface area contributed by atoms with Gasteiger partial charge in [0.05, 0.1) is 5.60 Å². The van der Waals surface area contributed by atoms with Crippen molar-refractivity contribution in [1.29, 1.82) is 0 Å². The average molecular weight is 269 g/mol. The minimum Gasteiger partial charge on any atom is -0.389 e. The number of rotatable bonds is 13. The molecule has 0 atom stereocenters. The highest BCUT2D eigenvalue weighted by Crippen LogP contribution is 2.30. The quantitative estimate of drug-likeness (QED) is 0.485. The largest absolute Gasteiger partial charge is 0.389 e. The van der Waals surface area contributed by atoms with Crippen LogP contribution in [-0.2, 0) is 0 Å². The predicted octanol–water partition coefficient (Wildman–Crippen LogP) is 4.41. The van der Waals surface area contributed by atoms with Crippen molar-refractivity contribution in [3.8, 4) is 0 Å². The average Bonchev–Trinajstić information content (AvgIpc) is 2.38. The lowest BCUT2D eigenvalue weighted by Gasteiger charge is -2.36. The highest BCUT2D eigenvalue weighted by molar-refractivity contribution is 4.89. The Hall–Kier alpha value is -0.0800. The molecule has 0 aliphatic heterocycles. The summed E-state index contributed by atoms with van der Waals surface area (Å²) in [4.78, 5) is 0. The third kappa shape index (κ3) is 8.65. The molecule has 2 nitrogen and oxygen atoms in total. The Balaban J connectivity index is 1.69. The number of unbranched alkanes of at least 4 members (excludes halogenated alkanes) is 9. The van der Waals surface area contributed by atoms with Crippen LogP contribution in [0.3, 0.4) is 0 Å². The van der Waals surface area contributed by atoms with Crippen LogP contribution < -0.4 is 5.32 Å². The van der Waals surface area contributed by atoms with Crippen molar-refractivity contribution in [2.45, 2.75) is 96.0 Å². The molecule has 1 aliphatic carbocycles. The van der Waals surface area contributed by atoms with Crippen molar-refractivity contribution < 1.29 is 5.11 Å². The van der Waals surface area contributed by atoms with Crippen molar-refractivity contribution in [3.63, 3.8) is 0 Å². The third-order valence-corrected chi connectivity index (χ3v) is 4.45. The molecule has 0 unspecified atom stereocenters. The Labute approximate surface area is 120 Å². The van der Waals surface area contributed by atoms with E-state index in [0.717, 1.165) is 25.9 Å². The van der Waals surface area contributed by atoms with E-state index in [1.165, 1.54) is 70.6 Å². The van der Waals surface area contributed by atoms with E-state index in [4.69, 9.17) is 0 Å². The van der Waals surface area contributed by atoms with E-state index in [2.05, 4.69) is 12.2 Å². The first-order chi connectivity index (χ1) is 9.27. The molecule has 0 heterocycles. The van der Waals surface area contributed by atoms with Crippen LogP contribution in [0.2, 0.25) is 0 Å². The molecule has 0 radical (unpaired) electrons. The lowest BCUT2D eigenvalue weighted by molar-refractivity contribution is -0.0311. The van der Waals surface area contributed by atoms with Gasteiger partial charge in [-0.3, -0.25) is 0 Å². The van der Waals surface area contributed by atoms with Gasteiger partial charge in [0, 0.05) is 6.54 Å². The number of aliphatic hydroxyl groups is 1. The molecular formula is C17H35NO. The summed E-state index contributed by atoms with van der Waals surface area (Å²) >= 11 is 0. The fraction of sp³-hybridized carbons (Fsp3) is 1.00. The molecule has 0 aromatic rings. The summed E-state index contributed by atoms with van der Waals surface area (Å²) in [5.41, 5.74) is -0.349. The summed E-state index contributed by atoms with van der Waals surface area (Å²) in [7, 11) is 0. The Bertz CT molecular complexity index is 201. The van der Waals surface area contributed by atoms with Crippen molar-refractivity contribution in [1.82, 2.24) is 5.32 Å². The van der Waals surface area contributed by atoms with Gasteiger partial charge in [-0.05, 0) is 32.2 Å². The topological polar surface area (TPSA) is 32.3 Å². The first kappa shape index (κ1) is 17.0. The summed E-state index contributed by atoms with van der Waals surface area (Å²) in [6, 6.07) is 0. The summed E-state index contributed by atoms with van der Waals surface area (Å²) in [6.07, 6.45) is 17.1. The Morgan fingerprint density at radius 3 is 1.84 bits per heavy atom. The molecule has 0 amide bonds. The first-order valence-corrected chi connectivity index (χ1v) is 8.70. The van der Waals surface area contributed by atoms with Gasteiger partial charge in [-0.25, -0.2) is 0 Å². The van der Waals surface area contributed by atoms with Gasteiger partial charge in [0.15, 0.2) is 0 Å². The van der Waals surface area contributed by atoms with Crippen molar-refractivity contribution in [2.24, 2.45) is 0 Å². The number of nitrogens with one attached hydrogen (secondary N) is 1. The molecule has 0 bridgehead atoms. The van der Waals surface area contributed by atoms with Crippen LogP contribution in [0.25, 0.3) is 0 Å². The molecule has 1 fully saturated rings. The van der Waals surface area contributed by atoms with E-state index < -0.39 is 0 Å². The van der Waals surface area contributed by atoms with Crippen LogP contribution >= 0.6 is 0 Å². The normalized spacial score (nSPS) is 17.4. The molecule has 1 aliphatic rings. The molecule has 0 aromatic heterocycles. The number of hydrogen-bond acceptors (Lipinski definition) is 2. The Kier molecular flexibility index (Phi) is 9.54. The zero-order valence-electron chi connectivity index (χ0n) is 13.1. The van der Waals surface area contributed by atoms with Gasteiger partial charge in [0.25, 0.3) is 0 Å². The van der Waals surface area contributed by atoms with Gasteiger partial charge in [-0.1, -0.05) is 64.7 Å². The standard InChI is InChI=1S/C17H35NO/c1-2-3-4-5-6-7-8-9-10-11-15-18-16-17(19)13-12-14-17/h18-19H,2-16H2,1H3. The fourth-order valence-electron chi connectivity index (χ4n) is 2.82. The second kappa shape index (κ2) is 10.7. The van der Waals surface area contributed by atoms with E-state index >= 15 is 0 Å². The van der Waals surface area contributed by atoms with Crippen LogP contribution in [0, 0.1) is 0 Å². The van der Waals surface area contributed by atoms with Crippen molar-refractivity contribution in [2.75, 3.05) is 13.1 Å². The molecule has 0 spiro atoms. The van der Waals surface area contributed by atoms with E-state index in [1.807, 2.05) is 0 Å². The zero-order chi connectivity index (χ0) is 13.8. The van der Waals surface area contributed by atoms with Gasteiger partial charge >= 0.3 is 0 Å². The monoisotopic (exact) mass is 269 g/mol. The molecule has 2 heteroatoms. The molecule has 0 saturated heterocycles. The Morgan fingerprint density at radius 1 is 0.842 bits per heavy atom. The molecule has 0 aromatic carbocycles. The molecule has 19 heavy (non-hydrogen) atoms. The summed E-state index contributed by atoms with van der Waals surface area (Å²) < 4.78 is 0. The van der Waals surface area contributed by atoms with Gasteiger partial charge in [0.2, 0.25) is 0 Å². The van der Waals surface area contributed by atoms with Gasteiger partial charge in [-0.15, -0.1) is 0 Å². The van der Waals surface area contributed by atoms with Gasteiger partial charge in [0.1, 0.15) is 0 Å². The molecule has 1 rings (SSSR count). The van der Waals surface area contributed by atoms with Gasteiger partial charge < -0.3 is 10.4 Å². The maximum absolute atomic E-state index is 9.91. The van der Waals surface area contributed by atoms with Crippen molar-refractivity contribution in [3.05, 3.63) is 0 Å². The van der Waals surface area contributed by atoms with Crippen LogP contribution in [0.1, 0.15) is 90.4 Å². The third-order valence-electron chi connectivity index (χ3n) is 4.45. The molecular weight excluding hydrogens is 234 g/mol. The predicted molar refractivity (Wildman–Crippen MR) is 83.5 cm³/mol. The minimum absolute atomic E-state index is 0.349. The van der Waals surface area contributed by atoms with E-state index in [0.29, 0.717) is 0 Å². The lowest BCUT2D eigenvalue weighted by atomic mass is 9.80. The van der Waals surface area contributed by atoms with Gasteiger partial charge in [-0.2, -0.15) is 0 Å². The van der Waals surface area contributed by atoms with Crippen LogP contribution in [0.4, 0.5) is 0 Å². The summed E-state index contributed by atoms with van der Waals surface area (Å²) in [6.45, 7) is 4.17. The van der Waals surface area contributed by atoms with E-state index in [1.54, 1.807) is 0 Å². The minimum atomic E-state index is -0.349. The highest BCUT2D eigenvalue weighted by atomic mass is 16.3. The summed E-state index contributed by atoms with van der Waals surface area (Å²) in [5, 5.41) is 13.3. The zero-order valence-corrected chi connectivity index (χ0v) is 13.1. The van der Waals surface area contributed by atoms with Crippen LogP contribution in [-0.4, -0.2) is 23.8 Å². The lowest BCUT2D eigenvalue weighted by Crippen LogP contribution is -2.46. The molecule has 114 valence electrons. The SMILES string of the molecule is CCCCCCCCCCCCNCC1(O)CCC1. The Morgan fingerprint density at radius 2 is 1.37 bits per heavy atom. The van der Waals surface area contributed by atoms with E-state index in [-0.39, 0.29) is 5.60 Å². The van der Waals surface area contributed by atoms with E-state index in [9.17, 15) is 5.11 Å². The smallest absolute Gasteiger partial charge is 0.0771 e. The maximum atomic E-state index is 9.91.